The molecule has 1 N–H and O–H groups in total. The standard InChI is InChI=1S/C15H24N2O4/c1-10(15(18)17(2)3)16-9-11-7-13(20-5)14(21-6)8-12(11)19-4/h7-8,10,16H,9H2,1-6H3. The molecule has 0 heterocycles. The summed E-state index contributed by atoms with van der Waals surface area (Å²) in [7, 11) is 8.22. The molecule has 0 aliphatic heterocycles. The summed E-state index contributed by atoms with van der Waals surface area (Å²) in [4.78, 5) is 13.4. The number of carbonyl (C=O) groups excluding carboxylic acids is 1. The van der Waals surface area contributed by atoms with Crippen LogP contribution in [-0.2, 0) is 11.3 Å². The van der Waals surface area contributed by atoms with E-state index >= 15 is 0 Å². The molecule has 0 saturated heterocycles. The summed E-state index contributed by atoms with van der Waals surface area (Å²) in [6.07, 6.45) is 0. The molecule has 0 aromatic heterocycles. The van der Waals surface area contributed by atoms with Gasteiger partial charge in [0.25, 0.3) is 0 Å². The average molecular weight is 296 g/mol. The Bertz CT molecular complexity index is 489. The first kappa shape index (κ1) is 17.1. The minimum Gasteiger partial charge on any atom is -0.496 e. The van der Waals surface area contributed by atoms with Gasteiger partial charge in [0.05, 0.1) is 27.4 Å². The number of rotatable bonds is 7. The van der Waals surface area contributed by atoms with Gasteiger partial charge >= 0.3 is 0 Å². The van der Waals surface area contributed by atoms with Crippen LogP contribution in [-0.4, -0.2) is 52.3 Å². The number of ether oxygens (including phenoxy) is 3. The number of nitrogens with one attached hydrogen (secondary N) is 1. The molecule has 0 spiro atoms. The van der Waals surface area contributed by atoms with E-state index in [1.165, 1.54) is 0 Å². The number of nitrogens with zero attached hydrogens (tertiary/aromatic N) is 1. The Labute approximate surface area is 126 Å². The summed E-state index contributed by atoms with van der Waals surface area (Å²) < 4.78 is 15.9. The van der Waals surface area contributed by atoms with Gasteiger partial charge in [-0.05, 0) is 13.0 Å². The van der Waals surface area contributed by atoms with Crippen molar-refractivity contribution in [3.8, 4) is 17.2 Å². The Morgan fingerprint density at radius 2 is 1.62 bits per heavy atom. The summed E-state index contributed by atoms with van der Waals surface area (Å²) >= 11 is 0. The van der Waals surface area contributed by atoms with Gasteiger partial charge < -0.3 is 24.4 Å². The molecule has 1 aromatic carbocycles. The highest BCUT2D eigenvalue weighted by molar-refractivity contribution is 5.80. The summed E-state index contributed by atoms with van der Waals surface area (Å²) in [6, 6.07) is 3.34. The van der Waals surface area contributed by atoms with Crippen LogP contribution < -0.4 is 19.5 Å². The largest absolute Gasteiger partial charge is 0.496 e. The van der Waals surface area contributed by atoms with Gasteiger partial charge in [-0.25, -0.2) is 0 Å². The Morgan fingerprint density at radius 3 is 2.10 bits per heavy atom. The zero-order valence-corrected chi connectivity index (χ0v) is 13.5. The van der Waals surface area contributed by atoms with Crippen molar-refractivity contribution in [2.24, 2.45) is 0 Å². The third-order valence-corrected chi connectivity index (χ3v) is 3.20. The number of methoxy groups -OCH3 is 3. The quantitative estimate of drug-likeness (QED) is 0.821. The lowest BCUT2D eigenvalue weighted by Crippen LogP contribution is -2.41. The second kappa shape index (κ2) is 7.73. The smallest absolute Gasteiger partial charge is 0.238 e. The van der Waals surface area contributed by atoms with Crippen LogP contribution in [0.25, 0.3) is 0 Å². The fourth-order valence-electron chi connectivity index (χ4n) is 1.97. The Kier molecular flexibility index (Phi) is 6.30. The molecule has 0 radical (unpaired) electrons. The van der Waals surface area contributed by atoms with Crippen LogP contribution in [0.1, 0.15) is 12.5 Å². The van der Waals surface area contributed by atoms with Crippen LogP contribution in [0.15, 0.2) is 12.1 Å². The molecule has 6 heteroatoms. The summed E-state index contributed by atoms with van der Waals surface area (Å²) in [5, 5.41) is 3.18. The Morgan fingerprint density at radius 1 is 1.10 bits per heavy atom. The van der Waals surface area contributed by atoms with Gasteiger partial charge in [-0.15, -0.1) is 0 Å². The summed E-state index contributed by atoms with van der Waals surface area (Å²) in [5.74, 6) is 1.94. The maximum atomic E-state index is 11.8. The molecule has 0 bridgehead atoms. The molecule has 0 aliphatic carbocycles. The van der Waals surface area contributed by atoms with Gasteiger partial charge in [0.2, 0.25) is 5.91 Å². The van der Waals surface area contributed by atoms with E-state index in [2.05, 4.69) is 5.32 Å². The maximum absolute atomic E-state index is 11.8. The van der Waals surface area contributed by atoms with Crippen LogP contribution in [0.3, 0.4) is 0 Å². The molecule has 21 heavy (non-hydrogen) atoms. The maximum Gasteiger partial charge on any atom is 0.238 e. The fraction of sp³-hybridized carbons (Fsp3) is 0.533. The van der Waals surface area contributed by atoms with E-state index < -0.39 is 0 Å². The number of amides is 1. The number of carbonyl (C=O) groups is 1. The zero-order valence-electron chi connectivity index (χ0n) is 13.5. The number of benzene rings is 1. The molecule has 1 aromatic rings. The lowest BCUT2D eigenvalue weighted by atomic mass is 10.1. The van der Waals surface area contributed by atoms with Gasteiger partial charge in [0, 0.05) is 32.3 Å². The third kappa shape index (κ3) is 4.26. The molecule has 1 atom stereocenters. The van der Waals surface area contributed by atoms with Crippen LogP contribution in [0.4, 0.5) is 0 Å². The van der Waals surface area contributed by atoms with Crippen molar-refractivity contribution in [2.45, 2.75) is 19.5 Å². The SMILES string of the molecule is COc1cc(OC)c(OC)cc1CNC(C)C(=O)N(C)C. The van der Waals surface area contributed by atoms with Crippen molar-refractivity contribution in [1.29, 1.82) is 0 Å². The second-order valence-corrected chi connectivity index (χ2v) is 4.85. The minimum atomic E-state index is -0.280. The number of hydrogen-bond donors (Lipinski definition) is 1. The van der Waals surface area contributed by atoms with Gasteiger partial charge in [0.1, 0.15) is 5.75 Å². The first-order chi connectivity index (χ1) is 9.94. The predicted octanol–water partition coefficient (Wildman–Crippen LogP) is 1.28. The Balaban J connectivity index is 2.89. The van der Waals surface area contributed by atoms with E-state index in [1.54, 1.807) is 46.4 Å². The van der Waals surface area contributed by atoms with E-state index in [0.717, 1.165) is 5.56 Å². The first-order valence-corrected chi connectivity index (χ1v) is 6.68. The van der Waals surface area contributed by atoms with Crippen molar-refractivity contribution in [3.05, 3.63) is 17.7 Å². The van der Waals surface area contributed by atoms with Crippen molar-refractivity contribution in [2.75, 3.05) is 35.4 Å². The molecule has 1 amide bonds. The van der Waals surface area contributed by atoms with E-state index in [0.29, 0.717) is 23.8 Å². The van der Waals surface area contributed by atoms with Crippen molar-refractivity contribution in [1.82, 2.24) is 10.2 Å². The lowest BCUT2D eigenvalue weighted by molar-refractivity contribution is -0.130. The van der Waals surface area contributed by atoms with E-state index in [4.69, 9.17) is 14.2 Å². The van der Waals surface area contributed by atoms with E-state index in [1.807, 2.05) is 13.0 Å². The van der Waals surface area contributed by atoms with Crippen LogP contribution in [0.2, 0.25) is 0 Å². The first-order valence-electron chi connectivity index (χ1n) is 6.68. The highest BCUT2D eigenvalue weighted by Gasteiger charge is 2.16. The molecule has 6 nitrogen and oxygen atoms in total. The van der Waals surface area contributed by atoms with E-state index in [9.17, 15) is 4.79 Å². The molecule has 0 aliphatic rings. The zero-order chi connectivity index (χ0) is 16.0. The van der Waals surface area contributed by atoms with Gasteiger partial charge in [0.15, 0.2) is 11.5 Å². The van der Waals surface area contributed by atoms with Gasteiger partial charge in [-0.1, -0.05) is 0 Å². The third-order valence-electron chi connectivity index (χ3n) is 3.20. The monoisotopic (exact) mass is 296 g/mol. The highest BCUT2D eigenvalue weighted by atomic mass is 16.5. The lowest BCUT2D eigenvalue weighted by Gasteiger charge is -2.19. The van der Waals surface area contributed by atoms with Crippen molar-refractivity contribution < 1.29 is 19.0 Å². The molecular weight excluding hydrogens is 272 g/mol. The van der Waals surface area contributed by atoms with Crippen LogP contribution >= 0.6 is 0 Å². The Hall–Kier alpha value is -1.95. The van der Waals surface area contributed by atoms with Crippen molar-refractivity contribution in [3.63, 3.8) is 0 Å². The molecule has 0 saturated carbocycles. The fourth-order valence-corrected chi connectivity index (χ4v) is 1.97. The molecular formula is C15H24N2O4. The molecule has 1 rings (SSSR count). The van der Waals surface area contributed by atoms with Gasteiger partial charge in [-0.3, -0.25) is 4.79 Å². The average Bonchev–Trinajstić information content (AvgIpc) is 2.50. The number of hydrogen-bond acceptors (Lipinski definition) is 5. The van der Waals surface area contributed by atoms with Crippen LogP contribution in [0.5, 0.6) is 17.2 Å². The number of likely N-dealkylation sites (N-methyl/N-ethyl adjacent to an activating group) is 1. The summed E-state index contributed by atoms with van der Waals surface area (Å²) in [5.41, 5.74) is 0.897. The van der Waals surface area contributed by atoms with Crippen LogP contribution in [0, 0.1) is 0 Å². The van der Waals surface area contributed by atoms with E-state index in [-0.39, 0.29) is 11.9 Å². The van der Waals surface area contributed by atoms with Gasteiger partial charge in [-0.2, -0.15) is 0 Å². The van der Waals surface area contributed by atoms with Crippen molar-refractivity contribution >= 4 is 5.91 Å². The molecule has 0 fully saturated rings. The topological polar surface area (TPSA) is 60.0 Å². The normalized spacial score (nSPS) is 11.7. The minimum absolute atomic E-state index is 0.0226. The molecule has 118 valence electrons. The highest BCUT2D eigenvalue weighted by Crippen LogP contribution is 2.34. The summed E-state index contributed by atoms with van der Waals surface area (Å²) in [6.45, 7) is 2.32. The predicted molar refractivity (Wildman–Crippen MR) is 81.1 cm³/mol. The second-order valence-electron chi connectivity index (χ2n) is 4.85. The molecule has 1 unspecified atom stereocenters.